The first kappa shape index (κ1) is 14.5. The van der Waals surface area contributed by atoms with E-state index in [-0.39, 0.29) is 5.91 Å². The zero-order valence-electron chi connectivity index (χ0n) is 11.4. The number of nitrogens with zero attached hydrogens (tertiary/aromatic N) is 1. The van der Waals surface area contributed by atoms with Gasteiger partial charge in [-0.1, -0.05) is 26.2 Å². The molecule has 1 aromatic heterocycles. The van der Waals surface area contributed by atoms with E-state index in [9.17, 15) is 4.79 Å². The molecule has 2 rings (SSSR count). The van der Waals surface area contributed by atoms with Crippen LogP contribution in [0.15, 0.2) is 22.8 Å². The number of aromatic nitrogens is 1. The van der Waals surface area contributed by atoms with Crippen LogP contribution in [0.2, 0.25) is 0 Å². The molecular formula is C15H21BrN2O. The number of rotatable bonds is 4. The van der Waals surface area contributed by atoms with Crippen molar-refractivity contribution in [2.24, 2.45) is 11.8 Å². The number of carbonyl (C=O) groups is 1. The number of hydrogen-bond donors (Lipinski definition) is 1. The van der Waals surface area contributed by atoms with Crippen LogP contribution in [-0.2, 0) is 0 Å². The molecule has 0 unspecified atom stereocenters. The summed E-state index contributed by atoms with van der Waals surface area (Å²) in [5.41, 5.74) is 0.491. The predicted molar refractivity (Wildman–Crippen MR) is 80.0 cm³/mol. The Morgan fingerprint density at radius 1 is 1.32 bits per heavy atom. The van der Waals surface area contributed by atoms with Gasteiger partial charge in [-0.2, -0.15) is 0 Å². The summed E-state index contributed by atoms with van der Waals surface area (Å²) in [5, 5.41) is 3.00. The smallest absolute Gasteiger partial charge is 0.269 e. The van der Waals surface area contributed by atoms with Crippen molar-refractivity contribution < 1.29 is 4.79 Å². The van der Waals surface area contributed by atoms with Crippen molar-refractivity contribution >= 4 is 21.8 Å². The van der Waals surface area contributed by atoms with Gasteiger partial charge in [-0.3, -0.25) is 4.79 Å². The van der Waals surface area contributed by atoms with Crippen LogP contribution in [0.25, 0.3) is 0 Å². The molecule has 0 bridgehead atoms. The molecule has 1 saturated carbocycles. The minimum absolute atomic E-state index is 0.0647. The van der Waals surface area contributed by atoms with Crippen molar-refractivity contribution in [3.05, 3.63) is 28.5 Å². The van der Waals surface area contributed by atoms with E-state index in [4.69, 9.17) is 0 Å². The Morgan fingerprint density at radius 3 is 2.58 bits per heavy atom. The summed E-state index contributed by atoms with van der Waals surface area (Å²) in [7, 11) is 0. The third-order valence-corrected chi connectivity index (χ3v) is 4.52. The number of amides is 1. The van der Waals surface area contributed by atoms with Crippen molar-refractivity contribution in [3.63, 3.8) is 0 Å². The molecular weight excluding hydrogens is 304 g/mol. The normalized spacial score (nSPS) is 23.1. The molecule has 0 spiro atoms. The first-order valence-electron chi connectivity index (χ1n) is 7.08. The molecule has 1 fully saturated rings. The monoisotopic (exact) mass is 324 g/mol. The number of pyridine rings is 1. The van der Waals surface area contributed by atoms with Crippen LogP contribution < -0.4 is 5.32 Å². The van der Waals surface area contributed by atoms with Crippen LogP contribution in [0.1, 0.15) is 49.5 Å². The molecule has 1 aromatic rings. The van der Waals surface area contributed by atoms with Crippen LogP contribution in [0, 0.1) is 11.8 Å². The van der Waals surface area contributed by atoms with E-state index in [1.54, 1.807) is 12.3 Å². The summed E-state index contributed by atoms with van der Waals surface area (Å²) < 4.78 is 0.891. The summed E-state index contributed by atoms with van der Waals surface area (Å²) in [6, 6.07) is 3.59. The molecule has 1 aliphatic carbocycles. The highest BCUT2D eigenvalue weighted by molar-refractivity contribution is 9.10. The standard InChI is InChI=1S/C15H21BrN2O/c1-2-11-3-5-12(6-4-11)9-18-15(19)14-8-7-13(16)10-17-14/h7-8,10-12H,2-6,9H2,1H3,(H,18,19). The average Bonchev–Trinajstić information content (AvgIpc) is 2.46. The third-order valence-electron chi connectivity index (χ3n) is 4.05. The lowest BCUT2D eigenvalue weighted by atomic mass is 9.81. The molecule has 3 nitrogen and oxygen atoms in total. The van der Waals surface area contributed by atoms with Crippen molar-refractivity contribution in [3.8, 4) is 0 Å². The second kappa shape index (κ2) is 7.04. The van der Waals surface area contributed by atoms with Crippen molar-refractivity contribution in [1.29, 1.82) is 0 Å². The Kier molecular flexibility index (Phi) is 5.37. The molecule has 4 heteroatoms. The third kappa shape index (κ3) is 4.30. The van der Waals surface area contributed by atoms with Crippen LogP contribution >= 0.6 is 15.9 Å². The van der Waals surface area contributed by atoms with Gasteiger partial charge in [-0.15, -0.1) is 0 Å². The zero-order chi connectivity index (χ0) is 13.7. The molecule has 19 heavy (non-hydrogen) atoms. The summed E-state index contributed by atoms with van der Waals surface area (Å²) in [6.07, 6.45) is 8.06. The van der Waals surface area contributed by atoms with Crippen molar-refractivity contribution in [2.45, 2.75) is 39.0 Å². The molecule has 0 aliphatic heterocycles. The number of halogens is 1. The minimum atomic E-state index is -0.0647. The highest BCUT2D eigenvalue weighted by atomic mass is 79.9. The summed E-state index contributed by atoms with van der Waals surface area (Å²) in [4.78, 5) is 16.0. The number of nitrogens with one attached hydrogen (secondary N) is 1. The molecule has 104 valence electrons. The zero-order valence-corrected chi connectivity index (χ0v) is 12.9. The number of hydrogen-bond acceptors (Lipinski definition) is 2. The molecule has 1 N–H and O–H groups in total. The van der Waals surface area contributed by atoms with Gasteiger partial charge in [0, 0.05) is 17.2 Å². The van der Waals surface area contributed by atoms with Gasteiger partial charge in [0.15, 0.2) is 0 Å². The second-order valence-electron chi connectivity index (χ2n) is 5.37. The molecule has 0 atom stereocenters. The molecule has 1 amide bonds. The Hall–Kier alpha value is -0.900. The maximum atomic E-state index is 11.9. The van der Waals surface area contributed by atoms with E-state index < -0.39 is 0 Å². The van der Waals surface area contributed by atoms with Crippen molar-refractivity contribution in [2.75, 3.05) is 6.54 Å². The van der Waals surface area contributed by atoms with Crippen LogP contribution in [-0.4, -0.2) is 17.4 Å². The van der Waals surface area contributed by atoms with Gasteiger partial charge >= 0.3 is 0 Å². The van der Waals surface area contributed by atoms with Crippen LogP contribution in [0.3, 0.4) is 0 Å². The van der Waals surface area contributed by atoms with E-state index in [1.807, 2.05) is 6.07 Å². The summed E-state index contributed by atoms with van der Waals surface area (Å²) in [5.74, 6) is 1.48. The van der Waals surface area contributed by atoms with Gasteiger partial charge < -0.3 is 5.32 Å². The van der Waals surface area contributed by atoms with Gasteiger partial charge in [0.05, 0.1) is 0 Å². The first-order chi connectivity index (χ1) is 9.19. The summed E-state index contributed by atoms with van der Waals surface area (Å²) in [6.45, 7) is 3.05. The predicted octanol–water partition coefficient (Wildman–Crippen LogP) is 3.79. The van der Waals surface area contributed by atoms with E-state index in [2.05, 4.69) is 33.2 Å². The van der Waals surface area contributed by atoms with Crippen LogP contribution in [0.4, 0.5) is 0 Å². The van der Waals surface area contributed by atoms with E-state index >= 15 is 0 Å². The lowest BCUT2D eigenvalue weighted by Gasteiger charge is -2.27. The Bertz CT molecular complexity index is 411. The maximum Gasteiger partial charge on any atom is 0.269 e. The first-order valence-corrected chi connectivity index (χ1v) is 7.88. The van der Waals surface area contributed by atoms with Gasteiger partial charge in [-0.25, -0.2) is 4.98 Å². The Labute approximate surface area is 123 Å². The number of carbonyl (C=O) groups excluding carboxylic acids is 1. The molecule has 1 aliphatic rings. The van der Waals surface area contributed by atoms with E-state index in [1.165, 1.54) is 32.1 Å². The lowest BCUT2D eigenvalue weighted by molar-refractivity contribution is 0.0936. The van der Waals surface area contributed by atoms with Gasteiger partial charge in [0.1, 0.15) is 5.69 Å². The SMILES string of the molecule is CCC1CCC(CNC(=O)c2ccc(Br)cn2)CC1. The maximum absolute atomic E-state index is 11.9. The van der Waals surface area contributed by atoms with E-state index in [0.717, 1.165) is 16.9 Å². The molecule has 1 heterocycles. The fraction of sp³-hybridized carbons (Fsp3) is 0.600. The van der Waals surface area contributed by atoms with Crippen molar-refractivity contribution in [1.82, 2.24) is 10.3 Å². The second-order valence-corrected chi connectivity index (χ2v) is 6.28. The summed E-state index contributed by atoms with van der Waals surface area (Å²) >= 11 is 3.31. The molecule has 0 aromatic carbocycles. The largest absolute Gasteiger partial charge is 0.350 e. The van der Waals surface area contributed by atoms with Gasteiger partial charge in [0.25, 0.3) is 5.91 Å². The highest BCUT2D eigenvalue weighted by Gasteiger charge is 2.20. The highest BCUT2D eigenvalue weighted by Crippen LogP contribution is 2.30. The fourth-order valence-electron chi connectivity index (χ4n) is 2.68. The minimum Gasteiger partial charge on any atom is -0.350 e. The van der Waals surface area contributed by atoms with Crippen LogP contribution in [0.5, 0.6) is 0 Å². The Morgan fingerprint density at radius 2 is 2.00 bits per heavy atom. The molecule has 0 radical (unpaired) electrons. The molecule has 0 saturated heterocycles. The lowest BCUT2D eigenvalue weighted by Crippen LogP contribution is -2.31. The quantitative estimate of drug-likeness (QED) is 0.915. The Balaban J connectivity index is 1.76. The van der Waals surface area contributed by atoms with Gasteiger partial charge in [-0.05, 0) is 52.7 Å². The fourth-order valence-corrected chi connectivity index (χ4v) is 2.92. The van der Waals surface area contributed by atoms with E-state index in [0.29, 0.717) is 11.6 Å². The van der Waals surface area contributed by atoms with Gasteiger partial charge in [0.2, 0.25) is 0 Å². The topological polar surface area (TPSA) is 42.0 Å². The average molecular weight is 325 g/mol.